The number of sulfonamides is 1. The van der Waals surface area contributed by atoms with Gasteiger partial charge in [0.1, 0.15) is 0 Å². The Morgan fingerprint density at radius 3 is 2.41 bits per heavy atom. The molecule has 3 nitrogen and oxygen atoms in total. The van der Waals surface area contributed by atoms with Gasteiger partial charge in [-0.1, -0.05) is 29.8 Å². The Bertz CT molecular complexity index is 589. The molecule has 0 amide bonds. The van der Waals surface area contributed by atoms with Crippen LogP contribution in [0.3, 0.4) is 0 Å². The average Bonchev–Trinajstić information content (AvgIpc) is 2.30. The van der Waals surface area contributed by atoms with Gasteiger partial charge in [-0.3, -0.25) is 4.72 Å². The maximum absolute atomic E-state index is 12.0. The second-order valence-electron chi connectivity index (χ2n) is 3.71. The number of anilines is 1. The van der Waals surface area contributed by atoms with Gasteiger partial charge in [-0.15, -0.1) is 0 Å². The third-order valence-electron chi connectivity index (χ3n) is 2.29. The molecule has 1 radical (unpaired) electrons. The van der Waals surface area contributed by atoms with E-state index in [0.717, 1.165) is 5.56 Å². The summed E-state index contributed by atoms with van der Waals surface area (Å²) in [7, 11) is -3.50. The van der Waals surface area contributed by atoms with Crippen molar-refractivity contribution in [1.29, 1.82) is 0 Å². The minimum absolute atomic E-state index is 0.256. The zero-order chi connectivity index (χ0) is 12.3. The molecule has 0 atom stereocenters. The smallest absolute Gasteiger partial charge is 0.261 e. The fourth-order valence-electron chi connectivity index (χ4n) is 1.39. The Morgan fingerprint density at radius 2 is 1.82 bits per heavy atom. The molecular weight excluding hydrogens is 234 g/mol. The van der Waals surface area contributed by atoms with Crippen LogP contribution in [0.25, 0.3) is 0 Å². The predicted molar refractivity (Wildman–Crippen MR) is 67.3 cm³/mol. The van der Waals surface area contributed by atoms with Crippen molar-refractivity contribution in [2.45, 2.75) is 11.8 Å². The van der Waals surface area contributed by atoms with Crippen LogP contribution in [0.1, 0.15) is 5.56 Å². The van der Waals surface area contributed by atoms with Gasteiger partial charge in [-0.25, -0.2) is 8.42 Å². The van der Waals surface area contributed by atoms with Gasteiger partial charge >= 0.3 is 0 Å². The highest BCUT2D eigenvalue weighted by Crippen LogP contribution is 2.15. The number of benzene rings is 2. The zero-order valence-corrected chi connectivity index (χ0v) is 10.2. The fraction of sp³-hybridized carbons (Fsp3) is 0.0769. The quantitative estimate of drug-likeness (QED) is 0.904. The molecule has 87 valence electrons. The molecule has 0 saturated carbocycles. The third-order valence-corrected chi connectivity index (χ3v) is 3.69. The Balaban J connectivity index is 2.29. The second kappa shape index (κ2) is 4.59. The summed E-state index contributed by atoms with van der Waals surface area (Å²) >= 11 is 0. The number of hydrogen-bond acceptors (Lipinski definition) is 2. The highest BCUT2D eigenvalue weighted by Gasteiger charge is 2.13. The first kappa shape index (κ1) is 11.7. The second-order valence-corrected chi connectivity index (χ2v) is 5.39. The maximum Gasteiger partial charge on any atom is 0.261 e. The summed E-state index contributed by atoms with van der Waals surface area (Å²) in [4.78, 5) is 0.256. The summed E-state index contributed by atoms with van der Waals surface area (Å²) in [6, 6.07) is 16.2. The molecule has 0 fully saturated rings. The maximum atomic E-state index is 12.0. The molecule has 1 N–H and O–H groups in total. The first-order valence-corrected chi connectivity index (χ1v) is 6.62. The summed E-state index contributed by atoms with van der Waals surface area (Å²) in [5.74, 6) is 0. The molecule has 0 aliphatic carbocycles. The van der Waals surface area contributed by atoms with Gasteiger partial charge in [0, 0.05) is 5.69 Å². The third kappa shape index (κ3) is 2.85. The molecule has 0 aromatic heterocycles. The summed E-state index contributed by atoms with van der Waals surface area (Å²) in [5, 5.41) is 0. The van der Waals surface area contributed by atoms with E-state index in [2.05, 4.69) is 10.8 Å². The normalized spacial score (nSPS) is 11.1. The van der Waals surface area contributed by atoms with Crippen LogP contribution in [-0.2, 0) is 10.0 Å². The molecular formula is C13H12NO2S. The first-order valence-electron chi connectivity index (χ1n) is 5.13. The summed E-state index contributed by atoms with van der Waals surface area (Å²) < 4.78 is 26.5. The van der Waals surface area contributed by atoms with E-state index in [1.807, 2.05) is 6.92 Å². The van der Waals surface area contributed by atoms with Crippen LogP contribution in [0, 0.1) is 13.0 Å². The summed E-state index contributed by atoms with van der Waals surface area (Å²) in [5.41, 5.74) is 1.53. The number of rotatable bonds is 3. The largest absolute Gasteiger partial charge is 0.280 e. The standard InChI is InChI=1S/C13H12NO2S/c1-11-7-9-13(10-8-11)17(15,16)14-12-5-3-2-4-6-12/h2-3,5-10,14H,1H3. The van der Waals surface area contributed by atoms with Crippen molar-refractivity contribution in [3.8, 4) is 0 Å². The van der Waals surface area contributed by atoms with Crippen molar-refractivity contribution in [2.75, 3.05) is 4.72 Å². The Hall–Kier alpha value is -1.81. The van der Waals surface area contributed by atoms with Crippen LogP contribution in [-0.4, -0.2) is 8.42 Å². The van der Waals surface area contributed by atoms with Crippen molar-refractivity contribution >= 4 is 15.7 Å². The van der Waals surface area contributed by atoms with Crippen LogP contribution in [0.4, 0.5) is 5.69 Å². The number of hydrogen-bond donors (Lipinski definition) is 1. The lowest BCUT2D eigenvalue weighted by atomic mass is 10.2. The van der Waals surface area contributed by atoms with Gasteiger partial charge in [0.25, 0.3) is 10.0 Å². The number of nitrogens with one attached hydrogen (secondary N) is 1. The van der Waals surface area contributed by atoms with Crippen LogP contribution in [0.2, 0.25) is 0 Å². The van der Waals surface area contributed by atoms with Crippen LogP contribution < -0.4 is 4.72 Å². The molecule has 0 unspecified atom stereocenters. The molecule has 2 rings (SSSR count). The molecule has 0 bridgehead atoms. The summed E-state index contributed by atoms with van der Waals surface area (Å²) in [6.45, 7) is 1.91. The van der Waals surface area contributed by atoms with E-state index in [9.17, 15) is 8.42 Å². The Labute approximate surface area is 101 Å². The monoisotopic (exact) mass is 246 g/mol. The molecule has 0 saturated heterocycles. The van der Waals surface area contributed by atoms with Crippen LogP contribution >= 0.6 is 0 Å². The highest BCUT2D eigenvalue weighted by atomic mass is 32.2. The molecule has 4 heteroatoms. The van der Waals surface area contributed by atoms with E-state index in [1.54, 1.807) is 48.5 Å². The summed E-state index contributed by atoms with van der Waals surface area (Å²) in [6.07, 6.45) is 0. The van der Waals surface area contributed by atoms with E-state index < -0.39 is 10.0 Å². The van der Waals surface area contributed by atoms with Crippen molar-refractivity contribution in [3.63, 3.8) is 0 Å². The highest BCUT2D eigenvalue weighted by molar-refractivity contribution is 7.92. The lowest BCUT2D eigenvalue weighted by Gasteiger charge is -2.07. The van der Waals surface area contributed by atoms with Gasteiger partial charge in [-0.05, 0) is 37.3 Å². The molecule has 0 aliphatic heterocycles. The number of aryl methyl sites for hydroxylation is 1. The van der Waals surface area contributed by atoms with Crippen molar-refractivity contribution in [2.24, 2.45) is 0 Å². The van der Waals surface area contributed by atoms with Gasteiger partial charge in [0.2, 0.25) is 0 Å². The predicted octanol–water partition coefficient (Wildman–Crippen LogP) is 2.60. The SMILES string of the molecule is Cc1ccc(S(=O)(=O)Nc2c[c]ccc2)cc1. The fourth-order valence-corrected chi connectivity index (χ4v) is 2.44. The lowest BCUT2D eigenvalue weighted by molar-refractivity contribution is 0.601. The van der Waals surface area contributed by atoms with E-state index >= 15 is 0 Å². The molecule has 0 aliphatic rings. The van der Waals surface area contributed by atoms with E-state index in [4.69, 9.17) is 0 Å². The molecule has 2 aromatic carbocycles. The van der Waals surface area contributed by atoms with Crippen LogP contribution in [0.5, 0.6) is 0 Å². The molecule has 0 spiro atoms. The topological polar surface area (TPSA) is 46.2 Å². The minimum atomic E-state index is -3.50. The van der Waals surface area contributed by atoms with E-state index in [0.29, 0.717) is 5.69 Å². The van der Waals surface area contributed by atoms with Crippen molar-refractivity contribution in [3.05, 3.63) is 60.2 Å². The average molecular weight is 246 g/mol. The Morgan fingerprint density at radius 1 is 1.12 bits per heavy atom. The minimum Gasteiger partial charge on any atom is -0.280 e. The van der Waals surface area contributed by atoms with Gasteiger partial charge in [-0.2, -0.15) is 0 Å². The molecule has 0 heterocycles. The zero-order valence-electron chi connectivity index (χ0n) is 9.34. The molecule has 17 heavy (non-hydrogen) atoms. The van der Waals surface area contributed by atoms with Gasteiger partial charge in [0.05, 0.1) is 4.90 Å². The van der Waals surface area contributed by atoms with Gasteiger partial charge < -0.3 is 0 Å². The first-order chi connectivity index (χ1) is 8.08. The lowest BCUT2D eigenvalue weighted by Crippen LogP contribution is -2.12. The van der Waals surface area contributed by atoms with Gasteiger partial charge in [0.15, 0.2) is 0 Å². The van der Waals surface area contributed by atoms with E-state index in [1.165, 1.54) is 0 Å². The van der Waals surface area contributed by atoms with Crippen molar-refractivity contribution < 1.29 is 8.42 Å². The van der Waals surface area contributed by atoms with E-state index in [-0.39, 0.29) is 4.90 Å². The Kier molecular flexibility index (Phi) is 3.15. The van der Waals surface area contributed by atoms with Crippen LogP contribution in [0.15, 0.2) is 53.4 Å². The molecule has 2 aromatic rings. The van der Waals surface area contributed by atoms with Crippen molar-refractivity contribution in [1.82, 2.24) is 0 Å².